The molecule has 37 heavy (non-hydrogen) atoms. The summed E-state index contributed by atoms with van der Waals surface area (Å²) in [6.45, 7) is 0.202. The van der Waals surface area contributed by atoms with Crippen LogP contribution in [-0.2, 0) is 0 Å². The van der Waals surface area contributed by atoms with Gasteiger partial charge >= 0.3 is 0 Å². The van der Waals surface area contributed by atoms with Gasteiger partial charge in [-0.15, -0.1) is 22.2 Å². The molecule has 0 radical (unpaired) electrons. The summed E-state index contributed by atoms with van der Waals surface area (Å²) in [4.78, 5) is 0. The molecule has 0 aromatic carbocycles. The second-order valence-corrected chi connectivity index (χ2v) is 21.1. The van der Waals surface area contributed by atoms with Crippen molar-refractivity contribution in [3.8, 4) is 0 Å². The van der Waals surface area contributed by atoms with E-state index in [1.54, 1.807) is 0 Å². The second kappa shape index (κ2) is 31.8. The highest BCUT2D eigenvalue weighted by Gasteiger charge is 2.19. The van der Waals surface area contributed by atoms with Crippen LogP contribution in [0.25, 0.3) is 0 Å². The normalized spacial score (nSPS) is 12.0. The fraction of sp³-hybridized carbons (Fsp3) is 1.00. The molecule has 0 bridgehead atoms. The average Bonchev–Trinajstić information content (AvgIpc) is 2.86. The monoisotopic (exact) mass is 640 g/mol. The van der Waals surface area contributed by atoms with E-state index in [-0.39, 0.29) is 0 Å². The maximum absolute atomic E-state index is 6.16. The Morgan fingerprint density at radius 2 is 0.486 bits per heavy atom. The third-order valence-corrected chi connectivity index (χ3v) is 10.9. The van der Waals surface area contributed by atoms with Crippen molar-refractivity contribution in [2.45, 2.75) is 205 Å². The highest BCUT2D eigenvalue weighted by molar-refractivity contribution is 9.09. The van der Waals surface area contributed by atoms with Gasteiger partial charge in [-0.2, -0.15) is 0 Å². The van der Waals surface area contributed by atoms with E-state index in [2.05, 4.69) is 15.9 Å². The second-order valence-electron chi connectivity index (χ2n) is 12.1. The summed E-state index contributed by atoms with van der Waals surface area (Å²) in [6.07, 6.45) is 43.4. The van der Waals surface area contributed by atoms with Crippen LogP contribution < -0.4 is 0 Å². The Morgan fingerprint density at radius 1 is 0.324 bits per heavy atom. The number of hydrogen-bond acceptors (Lipinski definition) is 0. The summed E-state index contributed by atoms with van der Waals surface area (Å²) in [7, 11) is 0. The Morgan fingerprint density at radius 3 is 0.649 bits per heavy atom. The first kappa shape index (κ1) is 38.3. The molecule has 0 N–H and O–H groups in total. The van der Waals surface area contributed by atoms with Gasteiger partial charge in [0.1, 0.15) is 0 Å². The summed E-state index contributed by atoms with van der Waals surface area (Å²) in [5, 5.41) is 1.18. The molecular weight excluding hydrogens is 575 g/mol. The van der Waals surface area contributed by atoms with Crippen LogP contribution in [0.2, 0.25) is 12.6 Å². The predicted octanol–water partition coefficient (Wildman–Crippen LogP) is 14.6. The zero-order valence-electron chi connectivity index (χ0n) is 25.3. The van der Waals surface area contributed by atoms with Crippen molar-refractivity contribution in [1.82, 2.24) is 0 Å². The Kier molecular flexibility index (Phi) is 32.9. The van der Waals surface area contributed by atoms with Gasteiger partial charge < -0.3 is 0 Å². The van der Waals surface area contributed by atoms with Crippen LogP contribution in [0.5, 0.6) is 0 Å². The van der Waals surface area contributed by atoms with Crippen molar-refractivity contribution in [2.24, 2.45) is 0 Å². The Bertz CT molecular complexity index is 414. The van der Waals surface area contributed by atoms with Crippen molar-refractivity contribution < 1.29 is 0 Å². The molecule has 0 spiro atoms. The van der Waals surface area contributed by atoms with Crippen molar-refractivity contribution in [1.29, 1.82) is 0 Å². The summed E-state index contributed by atoms with van der Waals surface area (Å²) >= 11 is 15.8. The largest absolute Gasteiger partial charge is 0.248 e. The van der Waals surface area contributed by atoms with Crippen LogP contribution in [0.15, 0.2) is 0 Å². The fourth-order valence-electron chi connectivity index (χ4n) is 5.48. The SMILES string of the molecule is C[Si](Cl)(Cl)CCCCCCCCCCCCCCCCCCCCCCCCCCCCCCCCBr. The number of unbranched alkanes of at least 4 members (excludes halogenated alkanes) is 29. The summed E-state index contributed by atoms with van der Waals surface area (Å²) in [5.74, 6) is 0. The van der Waals surface area contributed by atoms with E-state index in [0.717, 1.165) is 6.04 Å². The molecule has 0 aliphatic heterocycles. The molecule has 0 saturated carbocycles. The minimum atomic E-state index is -1.84. The molecule has 0 aliphatic rings. The van der Waals surface area contributed by atoms with Crippen LogP contribution >= 0.6 is 38.1 Å². The minimum absolute atomic E-state index is 1.06. The zero-order chi connectivity index (χ0) is 27.1. The van der Waals surface area contributed by atoms with Crippen molar-refractivity contribution in [2.75, 3.05) is 5.33 Å². The van der Waals surface area contributed by atoms with Crippen molar-refractivity contribution >= 4 is 44.8 Å². The van der Waals surface area contributed by atoms with Crippen LogP contribution in [-0.4, -0.2) is 12.0 Å². The topological polar surface area (TPSA) is 0 Å². The lowest BCUT2D eigenvalue weighted by atomic mass is 10.0. The Balaban J connectivity index is 3.04. The van der Waals surface area contributed by atoms with Crippen molar-refractivity contribution in [3.05, 3.63) is 0 Å². The number of rotatable bonds is 32. The zero-order valence-corrected chi connectivity index (χ0v) is 29.4. The molecule has 0 aliphatic carbocycles. The van der Waals surface area contributed by atoms with Crippen LogP contribution in [0.1, 0.15) is 193 Å². The summed E-state index contributed by atoms with van der Waals surface area (Å²) in [5.41, 5.74) is 0. The first-order valence-corrected chi connectivity index (χ1v) is 22.9. The van der Waals surface area contributed by atoms with E-state index < -0.39 is 6.69 Å². The fourth-order valence-corrected chi connectivity index (χ4v) is 7.55. The lowest BCUT2D eigenvalue weighted by Crippen LogP contribution is -2.11. The van der Waals surface area contributed by atoms with E-state index in [0.29, 0.717) is 0 Å². The molecular formula is C33H67BrCl2Si. The van der Waals surface area contributed by atoms with Gasteiger partial charge in [0, 0.05) is 5.33 Å². The molecule has 0 amide bonds. The van der Waals surface area contributed by atoms with Gasteiger partial charge in [-0.05, 0) is 19.0 Å². The molecule has 0 aromatic rings. The van der Waals surface area contributed by atoms with Gasteiger partial charge in [0.2, 0.25) is 6.69 Å². The third kappa shape index (κ3) is 37.3. The molecule has 0 unspecified atom stereocenters. The maximum atomic E-state index is 6.16. The van der Waals surface area contributed by atoms with Crippen LogP contribution in [0, 0.1) is 0 Å². The lowest BCUT2D eigenvalue weighted by molar-refractivity contribution is 0.513. The van der Waals surface area contributed by atoms with Gasteiger partial charge in [-0.1, -0.05) is 202 Å². The van der Waals surface area contributed by atoms with Gasteiger partial charge in [-0.3, -0.25) is 0 Å². The van der Waals surface area contributed by atoms with E-state index in [1.165, 1.54) is 198 Å². The van der Waals surface area contributed by atoms with Crippen molar-refractivity contribution in [3.63, 3.8) is 0 Å². The maximum Gasteiger partial charge on any atom is 0.248 e. The first-order chi connectivity index (χ1) is 18.1. The molecule has 0 heterocycles. The summed E-state index contributed by atoms with van der Waals surface area (Å²) < 4.78 is 0. The molecule has 0 atom stereocenters. The average molecular weight is 643 g/mol. The van der Waals surface area contributed by atoms with Gasteiger partial charge in [-0.25, -0.2) is 0 Å². The minimum Gasteiger partial charge on any atom is -0.146 e. The van der Waals surface area contributed by atoms with E-state index in [4.69, 9.17) is 22.2 Å². The number of alkyl halides is 1. The smallest absolute Gasteiger partial charge is 0.146 e. The molecule has 0 aromatic heterocycles. The predicted molar refractivity (Wildman–Crippen MR) is 180 cm³/mol. The molecule has 224 valence electrons. The van der Waals surface area contributed by atoms with E-state index in [9.17, 15) is 0 Å². The lowest BCUT2D eigenvalue weighted by Gasteiger charge is -2.09. The molecule has 0 saturated heterocycles. The van der Waals surface area contributed by atoms with Gasteiger partial charge in [0.25, 0.3) is 0 Å². The third-order valence-electron chi connectivity index (χ3n) is 8.00. The Labute approximate surface area is 254 Å². The van der Waals surface area contributed by atoms with Gasteiger partial charge in [0.15, 0.2) is 0 Å². The Hall–Kier alpha value is 1.28. The molecule has 4 heteroatoms. The number of halogens is 3. The van der Waals surface area contributed by atoms with Crippen LogP contribution in [0.3, 0.4) is 0 Å². The standard InChI is InChI=1S/C33H67BrCl2Si/c1-37(35,36)33-31-29-27-25-23-21-19-17-15-13-11-9-7-5-3-2-4-6-8-10-12-14-16-18-20-22-24-26-28-30-32-34/h2-33H2,1H3. The number of hydrogen-bond donors (Lipinski definition) is 0. The highest BCUT2D eigenvalue weighted by Crippen LogP contribution is 2.23. The quantitative estimate of drug-likeness (QED) is 0.0296. The first-order valence-electron chi connectivity index (χ1n) is 17.0. The molecule has 0 rings (SSSR count). The molecule has 0 fully saturated rings. The van der Waals surface area contributed by atoms with E-state index >= 15 is 0 Å². The van der Waals surface area contributed by atoms with E-state index in [1.807, 2.05) is 6.55 Å². The van der Waals surface area contributed by atoms with Gasteiger partial charge in [0.05, 0.1) is 0 Å². The van der Waals surface area contributed by atoms with Crippen LogP contribution in [0.4, 0.5) is 0 Å². The molecule has 0 nitrogen and oxygen atoms in total. The summed E-state index contributed by atoms with van der Waals surface area (Å²) in [6, 6.07) is 1.06. The highest BCUT2D eigenvalue weighted by atomic mass is 79.9.